The molecule has 1 heterocycles. The van der Waals surface area contributed by atoms with Crippen molar-refractivity contribution < 1.29 is 32.2 Å². The van der Waals surface area contributed by atoms with Crippen LogP contribution in [0, 0.1) is 0 Å². The van der Waals surface area contributed by atoms with Crippen molar-refractivity contribution in [1.29, 1.82) is 0 Å². The molecule has 1 aromatic heterocycles. The number of ether oxygens (including phenoxy) is 1. The summed E-state index contributed by atoms with van der Waals surface area (Å²) >= 11 is 5.42. The molecule has 4 nitrogen and oxygen atoms in total. The molecule has 94 valence electrons. The maximum atomic E-state index is 12.4. The minimum atomic E-state index is -5.04. The van der Waals surface area contributed by atoms with E-state index in [0.717, 1.165) is 0 Å². The molecular weight excluding hydrogens is 270 g/mol. The highest BCUT2D eigenvalue weighted by molar-refractivity contribution is 6.31. The second-order valence-electron chi connectivity index (χ2n) is 2.76. The molecule has 0 fully saturated rings. The molecule has 0 unspecified atom stereocenters. The summed E-state index contributed by atoms with van der Waals surface area (Å²) in [7, 11) is 0. The van der Waals surface area contributed by atoms with Crippen LogP contribution in [0.1, 0.15) is 16.1 Å². The van der Waals surface area contributed by atoms with Crippen LogP contribution in [0.15, 0.2) is 6.07 Å². The van der Waals surface area contributed by atoms with Gasteiger partial charge in [0.2, 0.25) is 5.88 Å². The largest absolute Gasteiger partial charge is 0.574 e. The molecule has 0 atom stereocenters. The quantitative estimate of drug-likeness (QED) is 0.860. The number of carboxylic acids is 1. The Bertz CT molecular complexity index is 449. The Morgan fingerprint density at radius 1 is 1.53 bits per heavy atom. The minimum absolute atomic E-state index is 0.501. The van der Waals surface area contributed by atoms with Crippen molar-refractivity contribution in [2.24, 2.45) is 0 Å². The Morgan fingerprint density at radius 2 is 2.12 bits per heavy atom. The van der Waals surface area contributed by atoms with Gasteiger partial charge in [-0.05, 0) is 0 Å². The molecule has 0 amide bonds. The van der Waals surface area contributed by atoms with Gasteiger partial charge in [0, 0.05) is 11.6 Å². The van der Waals surface area contributed by atoms with Crippen LogP contribution in [0.4, 0.5) is 17.6 Å². The highest BCUT2D eigenvalue weighted by Crippen LogP contribution is 2.28. The Balaban J connectivity index is 3.25. The van der Waals surface area contributed by atoms with Gasteiger partial charge in [-0.1, -0.05) is 11.6 Å². The molecule has 1 rings (SSSR count). The lowest BCUT2D eigenvalue weighted by molar-refractivity contribution is -0.276. The molecule has 0 saturated carbocycles. The van der Waals surface area contributed by atoms with Crippen molar-refractivity contribution in [3.05, 3.63) is 22.3 Å². The van der Waals surface area contributed by atoms with Crippen molar-refractivity contribution in [3.63, 3.8) is 0 Å². The first kappa shape index (κ1) is 13.5. The summed E-state index contributed by atoms with van der Waals surface area (Å²) in [6.45, 7) is -1.26. The number of pyridine rings is 1. The number of aromatic nitrogens is 1. The van der Waals surface area contributed by atoms with E-state index >= 15 is 0 Å². The maximum Gasteiger partial charge on any atom is 0.574 e. The van der Waals surface area contributed by atoms with Gasteiger partial charge in [0.05, 0.1) is 5.02 Å². The molecule has 0 bridgehead atoms. The fraction of sp³-hybridized carbons (Fsp3) is 0.250. The molecule has 0 aliphatic carbocycles. The van der Waals surface area contributed by atoms with Crippen molar-refractivity contribution in [2.45, 2.75) is 13.0 Å². The van der Waals surface area contributed by atoms with E-state index in [1.54, 1.807) is 0 Å². The van der Waals surface area contributed by atoms with Gasteiger partial charge < -0.3 is 9.84 Å². The second kappa shape index (κ2) is 4.74. The Morgan fingerprint density at radius 3 is 2.53 bits per heavy atom. The number of carbonyl (C=O) groups is 1. The van der Waals surface area contributed by atoms with Gasteiger partial charge in [0.25, 0.3) is 0 Å². The zero-order chi connectivity index (χ0) is 13.2. The first-order valence-corrected chi connectivity index (χ1v) is 4.37. The molecule has 1 N–H and O–H groups in total. The maximum absolute atomic E-state index is 12.4. The summed E-state index contributed by atoms with van der Waals surface area (Å²) in [4.78, 5) is 13.6. The monoisotopic (exact) mass is 273 g/mol. The second-order valence-corrected chi connectivity index (χ2v) is 3.16. The molecule has 0 aliphatic heterocycles. The highest BCUT2D eigenvalue weighted by atomic mass is 35.5. The number of carboxylic acid groups (broad SMARTS) is 1. The molecule has 0 radical (unpaired) electrons. The van der Waals surface area contributed by atoms with Crippen LogP contribution in [-0.2, 0) is 6.67 Å². The third-order valence-corrected chi connectivity index (χ3v) is 1.94. The van der Waals surface area contributed by atoms with Crippen LogP contribution in [0.2, 0.25) is 5.02 Å². The van der Waals surface area contributed by atoms with Gasteiger partial charge in [-0.3, -0.25) is 0 Å². The van der Waals surface area contributed by atoms with E-state index in [1.165, 1.54) is 0 Å². The van der Waals surface area contributed by atoms with E-state index in [1.807, 2.05) is 0 Å². The van der Waals surface area contributed by atoms with Gasteiger partial charge in [-0.2, -0.15) is 0 Å². The van der Waals surface area contributed by atoms with Crippen molar-refractivity contribution >= 4 is 17.6 Å². The molecule has 17 heavy (non-hydrogen) atoms. The van der Waals surface area contributed by atoms with Gasteiger partial charge in [0.15, 0.2) is 5.69 Å². The van der Waals surface area contributed by atoms with Crippen LogP contribution in [0.25, 0.3) is 0 Å². The zero-order valence-electron chi connectivity index (χ0n) is 7.89. The first-order valence-electron chi connectivity index (χ1n) is 3.99. The number of alkyl halides is 4. The summed E-state index contributed by atoms with van der Waals surface area (Å²) in [5, 5.41) is 8.12. The Kier molecular flexibility index (Phi) is 3.76. The Labute approximate surface area is 96.8 Å². The predicted octanol–water partition coefficient (Wildman–Crippen LogP) is 2.80. The number of halogens is 5. The highest BCUT2D eigenvalue weighted by Gasteiger charge is 2.32. The van der Waals surface area contributed by atoms with Crippen molar-refractivity contribution in [1.82, 2.24) is 4.98 Å². The normalized spacial score (nSPS) is 11.4. The summed E-state index contributed by atoms with van der Waals surface area (Å²) in [5.74, 6) is -2.76. The molecular formula is C8H4ClF4NO3. The number of aromatic carboxylic acids is 1. The van der Waals surface area contributed by atoms with Gasteiger partial charge in [-0.25, -0.2) is 14.2 Å². The average Bonchev–Trinajstić information content (AvgIpc) is 2.13. The molecule has 9 heteroatoms. The van der Waals surface area contributed by atoms with E-state index in [-0.39, 0.29) is 0 Å². The predicted molar refractivity (Wildman–Crippen MR) is 47.7 cm³/mol. The molecule has 0 aromatic carbocycles. The lowest BCUT2D eigenvalue weighted by Gasteiger charge is -2.10. The first-order chi connectivity index (χ1) is 7.74. The van der Waals surface area contributed by atoms with Gasteiger partial charge in [-0.15, -0.1) is 13.2 Å². The van der Waals surface area contributed by atoms with E-state index in [9.17, 15) is 22.4 Å². The summed E-state index contributed by atoms with van der Waals surface area (Å²) < 4.78 is 51.4. The third-order valence-electron chi connectivity index (χ3n) is 1.60. The van der Waals surface area contributed by atoms with Crippen molar-refractivity contribution in [3.8, 4) is 5.88 Å². The van der Waals surface area contributed by atoms with Gasteiger partial charge >= 0.3 is 12.3 Å². The number of rotatable bonds is 3. The summed E-state index contributed by atoms with van der Waals surface area (Å²) in [5.41, 5.74) is -1.42. The van der Waals surface area contributed by atoms with Crippen LogP contribution in [-0.4, -0.2) is 22.4 Å². The Hall–Kier alpha value is -1.57. The fourth-order valence-corrected chi connectivity index (χ4v) is 1.23. The number of nitrogens with zero attached hydrogens (tertiary/aromatic N) is 1. The minimum Gasteiger partial charge on any atom is -0.476 e. The molecule has 0 saturated heterocycles. The van der Waals surface area contributed by atoms with E-state index in [2.05, 4.69) is 9.72 Å². The van der Waals surface area contributed by atoms with Crippen LogP contribution >= 0.6 is 11.6 Å². The SMILES string of the molecule is O=C(O)c1nc(OC(F)(F)F)cc(Cl)c1CF. The van der Waals surface area contributed by atoms with E-state index in [4.69, 9.17) is 16.7 Å². The zero-order valence-corrected chi connectivity index (χ0v) is 8.64. The standard InChI is InChI=1S/C8H4ClF4NO3/c9-4-1-5(17-8(11,12)13)14-6(7(15)16)3(4)2-10/h1H,2H2,(H,15,16). The molecule has 0 spiro atoms. The van der Waals surface area contributed by atoms with Gasteiger partial charge in [0.1, 0.15) is 6.67 Å². The lowest BCUT2D eigenvalue weighted by atomic mass is 10.2. The van der Waals surface area contributed by atoms with Crippen LogP contribution < -0.4 is 4.74 Å². The van der Waals surface area contributed by atoms with E-state index in [0.29, 0.717) is 6.07 Å². The topological polar surface area (TPSA) is 59.4 Å². The lowest BCUT2D eigenvalue weighted by Crippen LogP contribution is -2.19. The summed E-state index contributed by atoms with van der Waals surface area (Å²) in [6.07, 6.45) is -5.04. The van der Waals surface area contributed by atoms with E-state index < -0.39 is 41.2 Å². The molecule has 1 aromatic rings. The number of hydrogen-bond donors (Lipinski definition) is 1. The summed E-state index contributed by atoms with van der Waals surface area (Å²) in [6, 6.07) is 0.594. The van der Waals surface area contributed by atoms with Crippen molar-refractivity contribution in [2.75, 3.05) is 0 Å². The smallest absolute Gasteiger partial charge is 0.476 e. The fourth-order valence-electron chi connectivity index (χ4n) is 0.993. The average molecular weight is 274 g/mol. The third kappa shape index (κ3) is 3.45. The van der Waals surface area contributed by atoms with Crippen LogP contribution in [0.5, 0.6) is 5.88 Å². The molecule has 0 aliphatic rings. The van der Waals surface area contributed by atoms with Crippen LogP contribution in [0.3, 0.4) is 0 Å². The number of hydrogen-bond acceptors (Lipinski definition) is 3.